The van der Waals surface area contributed by atoms with Crippen LogP contribution in [0, 0.1) is 0 Å². The number of rotatable bonds is 4. The van der Waals surface area contributed by atoms with Crippen molar-refractivity contribution in [2.45, 2.75) is 37.5 Å². The Morgan fingerprint density at radius 3 is 2.85 bits per heavy atom. The monoisotopic (exact) mass is 388 g/mol. The smallest absolute Gasteiger partial charge is 0.253 e. The van der Waals surface area contributed by atoms with Gasteiger partial charge < -0.3 is 19.9 Å². The molecule has 1 aromatic heterocycles. The first-order chi connectivity index (χ1) is 13.1. The Balaban J connectivity index is 1.45. The normalized spacial score (nSPS) is 22.3. The Labute approximate surface area is 162 Å². The summed E-state index contributed by atoms with van der Waals surface area (Å²) in [6.45, 7) is 1.32. The minimum Gasteiger partial charge on any atom is -0.473 e. The van der Waals surface area contributed by atoms with Crippen LogP contribution >= 0.6 is 11.6 Å². The standard InChI is InChI=1S/C20H21ClN2O4/c21-16-9-13(11-22-20(16)27-14-5-7-26-8-6-14)19(25)23-18-15-4-2-1-3-12(15)10-17(18)24/h1-4,9,11,14,17-18,24H,5-8,10H2,(H,23,25). The first-order valence-corrected chi connectivity index (χ1v) is 9.46. The van der Waals surface area contributed by atoms with Gasteiger partial charge in [-0.1, -0.05) is 35.9 Å². The Morgan fingerprint density at radius 2 is 2.07 bits per heavy atom. The third-order valence-electron chi connectivity index (χ3n) is 5.01. The Kier molecular flexibility index (Phi) is 5.29. The van der Waals surface area contributed by atoms with Crippen molar-refractivity contribution in [2.75, 3.05) is 13.2 Å². The number of benzene rings is 1. The van der Waals surface area contributed by atoms with Gasteiger partial charge in [0.25, 0.3) is 5.91 Å². The fourth-order valence-electron chi connectivity index (χ4n) is 3.56. The van der Waals surface area contributed by atoms with E-state index in [4.69, 9.17) is 21.1 Å². The number of hydrogen-bond acceptors (Lipinski definition) is 5. The molecule has 0 radical (unpaired) electrons. The van der Waals surface area contributed by atoms with E-state index in [1.54, 1.807) is 6.07 Å². The van der Waals surface area contributed by atoms with E-state index in [1.807, 2.05) is 24.3 Å². The third kappa shape index (κ3) is 3.93. The molecule has 0 spiro atoms. The summed E-state index contributed by atoms with van der Waals surface area (Å²) in [6, 6.07) is 8.82. The van der Waals surface area contributed by atoms with Gasteiger partial charge >= 0.3 is 0 Å². The van der Waals surface area contributed by atoms with Crippen molar-refractivity contribution in [1.82, 2.24) is 10.3 Å². The number of carbonyl (C=O) groups is 1. The number of ether oxygens (including phenoxy) is 2. The highest BCUT2D eigenvalue weighted by Crippen LogP contribution is 2.32. The van der Waals surface area contributed by atoms with Crippen LogP contribution < -0.4 is 10.1 Å². The van der Waals surface area contributed by atoms with Crippen molar-refractivity contribution in [2.24, 2.45) is 0 Å². The van der Waals surface area contributed by atoms with Crippen LogP contribution in [0.1, 0.15) is 40.4 Å². The molecule has 2 N–H and O–H groups in total. The van der Waals surface area contributed by atoms with Crippen molar-refractivity contribution < 1.29 is 19.4 Å². The van der Waals surface area contributed by atoms with E-state index in [2.05, 4.69) is 10.3 Å². The summed E-state index contributed by atoms with van der Waals surface area (Å²) < 4.78 is 11.1. The lowest BCUT2D eigenvalue weighted by atomic mass is 10.1. The van der Waals surface area contributed by atoms with Gasteiger partial charge in [0.05, 0.1) is 30.9 Å². The number of halogens is 1. The number of aromatic nitrogens is 1. The molecule has 27 heavy (non-hydrogen) atoms. The van der Waals surface area contributed by atoms with E-state index >= 15 is 0 Å². The first-order valence-electron chi connectivity index (χ1n) is 9.08. The average Bonchev–Trinajstić information content (AvgIpc) is 2.99. The maximum atomic E-state index is 12.6. The zero-order valence-electron chi connectivity index (χ0n) is 14.7. The van der Waals surface area contributed by atoms with Gasteiger partial charge in [-0.2, -0.15) is 0 Å². The summed E-state index contributed by atoms with van der Waals surface area (Å²) in [6.07, 6.45) is 2.93. The number of hydrogen-bond donors (Lipinski definition) is 2. The highest BCUT2D eigenvalue weighted by molar-refractivity contribution is 6.32. The van der Waals surface area contributed by atoms with Gasteiger partial charge in [-0.25, -0.2) is 4.98 Å². The number of aliphatic hydroxyl groups is 1. The van der Waals surface area contributed by atoms with Crippen molar-refractivity contribution in [1.29, 1.82) is 0 Å². The third-order valence-corrected chi connectivity index (χ3v) is 5.28. The topological polar surface area (TPSA) is 80.7 Å². The lowest BCUT2D eigenvalue weighted by molar-refractivity contribution is 0.0238. The molecule has 6 nitrogen and oxygen atoms in total. The average molecular weight is 389 g/mol. The number of nitrogens with one attached hydrogen (secondary N) is 1. The highest BCUT2D eigenvalue weighted by Gasteiger charge is 2.32. The maximum Gasteiger partial charge on any atom is 0.253 e. The van der Waals surface area contributed by atoms with Crippen LogP contribution in [0.3, 0.4) is 0 Å². The second-order valence-corrected chi connectivity index (χ2v) is 7.27. The maximum absolute atomic E-state index is 12.6. The summed E-state index contributed by atoms with van der Waals surface area (Å²) in [7, 11) is 0. The molecule has 4 rings (SSSR count). The molecule has 2 heterocycles. The van der Waals surface area contributed by atoms with E-state index in [0.717, 1.165) is 24.0 Å². The number of fused-ring (bicyclic) bond motifs is 1. The predicted molar refractivity (Wildman–Crippen MR) is 100 cm³/mol. The predicted octanol–water partition coefficient (Wildman–Crippen LogP) is 2.68. The molecule has 2 aliphatic rings. The van der Waals surface area contributed by atoms with Crippen LogP contribution in [0.15, 0.2) is 36.5 Å². The zero-order chi connectivity index (χ0) is 18.8. The minimum atomic E-state index is -0.647. The molecule has 1 aromatic carbocycles. The second-order valence-electron chi connectivity index (χ2n) is 6.86. The second kappa shape index (κ2) is 7.84. The summed E-state index contributed by atoms with van der Waals surface area (Å²) >= 11 is 6.27. The molecule has 1 aliphatic carbocycles. The fraction of sp³-hybridized carbons (Fsp3) is 0.400. The number of amides is 1. The van der Waals surface area contributed by atoms with E-state index < -0.39 is 12.1 Å². The quantitative estimate of drug-likeness (QED) is 0.841. The molecule has 1 amide bonds. The van der Waals surface area contributed by atoms with Crippen LogP contribution in [0.25, 0.3) is 0 Å². The highest BCUT2D eigenvalue weighted by atomic mass is 35.5. The molecule has 1 aliphatic heterocycles. The molecular weight excluding hydrogens is 368 g/mol. The molecule has 2 atom stereocenters. The van der Waals surface area contributed by atoms with Crippen molar-refractivity contribution in [3.05, 3.63) is 58.2 Å². The van der Waals surface area contributed by atoms with Gasteiger partial charge in [0.2, 0.25) is 5.88 Å². The minimum absolute atomic E-state index is 0.0218. The summed E-state index contributed by atoms with van der Waals surface area (Å²) in [5.41, 5.74) is 2.32. The van der Waals surface area contributed by atoms with Gasteiger partial charge in [0, 0.05) is 25.5 Å². The Morgan fingerprint density at radius 1 is 1.30 bits per heavy atom. The SMILES string of the molecule is O=C(NC1c2ccccc2CC1O)c1cnc(OC2CCOCC2)c(Cl)c1. The van der Waals surface area contributed by atoms with Crippen molar-refractivity contribution in [3.63, 3.8) is 0 Å². The first kappa shape index (κ1) is 18.2. The van der Waals surface area contributed by atoms with Crippen molar-refractivity contribution in [3.8, 4) is 5.88 Å². The number of carbonyl (C=O) groups excluding carboxylic acids is 1. The molecule has 1 saturated heterocycles. The van der Waals surface area contributed by atoms with E-state index in [0.29, 0.717) is 36.1 Å². The molecule has 7 heteroatoms. The lowest BCUT2D eigenvalue weighted by Gasteiger charge is -2.23. The van der Waals surface area contributed by atoms with Gasteiger partial charge in [0.1, 0.15) is 11.1 Å². The van der Waals surface area contributed by atoms with E-state index in [9.17, 15) is 9.90 Å². The molecule has 2 aromatic rings. The molecule has 1 fully saturated rings. The lowest BCUT2D eigenvalue weighted by Crippen LogP contribution is -2.34. The molecule has 0 bridgehead atoms. The number of aliphatic hydroxyl groups excluding tert-OH is 1. The van der Waals surface area contributed by atoms with Gasteiger partial charge in [-0.3, -0.25) is 4.79 Å². The van der Waals surface area contributed by atoms with Gasteiger partial charge in [0.15, 0.2) is 0 Å². The van der Waals surface area contributed by atoms with Crippen LogP contribution in [-0.4, -0.2) is 41.4 Å². The van der Waals surface area contributed by atoms with Crippen LogP contribution in [0.5, 0.6) is 5.88 Å². The van der Waals surface area contributed by atoms with Crippen LogP contribution in [-0.2, 0) is 11.2 Å². The largest absolute Gasteiger partial charge is 0.473 e. The Bertz CT molecular complexity index is 838. The Hall–Kier alpha value is -2.15. The summed E-state index contributed by atoms with van der Waals surface area (Å²) in [4.78, 5) is 16.8. The number of pyridine rings is 1. The van der Waals surface area contributed by atoms with Gasteiger partial charge in [-0.15, -0.1) is 0 Å². The van der Waals surface area contributed by atoms with E-state index in [1.165, 1.54) is 6.20 Å². The van der Waals surface area contributed by atoms with Gasteiger partial charge in [-0.05, 0) is 17.2 Å². The van der Waals surface area contributed by atoms with Crippen LogP contribution in [0.2, 0.25) is 5.02 Å². The van der Waals surface area contributed by atoms with E-state index in [-0.39, 0.29) is 12.0 Å². The number of nitrogens with zero attached hydrogens (tertiary/aromatic N) is 1. The fourth-order valence-corrected chi connectivity index (χ4v) is 3.77. The molecule has 2 unspecified atom stereocenters. The van der Waals surface area contributed by atoms with Crippen molar-refractivity contribution >= 4 is 17.5 Å². The summed E-state index contributed by atoms with van der Waals surface area (Å²) in [5, 5.41) is 13.5. The summed E-state index contributed by atoms with van der Waals surface area (Å²) in [5.74, 6) is -0.00543. The molecule has 142 valence electrons. The van der Waals surface area contributed by atoms with Crippen LogP contribution in [0.4, 0.5) is 0 Å². The zero-order valence-corrected chi connectivity index (χ0v) is 15.5. The molecule has 0 saturated carbocycles. The molecular formula is C20H21ClN2O4.